The van der Waals surface area contributed by atoms with Crippen LogP contribution >= 0.6 is 12.4 Å². The summed E-state index contributed by atoms with van der Waals surface area (Å²) in [7, 11) is 0. The first-order chi connectivity index (χ1) is 11.1. The third kappa shape index (κ3) is 2.45. The molecule has 0 bridgehead atoms. The van der Waals surface area contributed by atoms with E-state index in [9.17, 15) is 4.79 Å². The molecule has 0 saturated heterocycles. The molecule has 0 saturated carbocycles. The molecular weight excluding hydrogens is 324 g/mol. The Labute approximate surface area is 144 Å². The third-order valence-corrected chi connectivity index (χ3v) is 4.03. The van der Waals surface area contributed by atoms with Gasteiger partial charge < -0.3 is 16.0 Å². The number of carbonyl (C=O) groups excluding carboxylic acids is 1. The zero-order chi connectivity index (χ0) is 16.0. The largest absolute Gasteiger partial charge is 0.384 e. The average molecular weight is 339 g/mol. The number of amidine groups is 1. The molecular formula is C18H15ClN4O. The Morgan fingerprint density at radius 3 is 2.75 bits per heavy atom. The Morgan fingerprint density at radius 1 is 1.17 bits per heavy atom. The summed E-state index contributed by atoms with van der Waals surface area (Å²) in [5.74, 6) is -0.162. The van der Waals surface area contributed by atoms with Crippen LogP contribution in [0.25, 0.3) is 22.6 Å². The highest BCUT2D eigenvalue weighted by atomic mass is 35.5. The SMILES string of the molecule is Cl.N=C(N)c1ccc2c(c1)C(=Cc1c[nH]c3ccccc13)C(=O)N2. The van der Waals surface area contributed by atoms with Crippen LogP contribution in [0.4, 0.5) is 5.69 Å². The van der Waals surface area contributed by atoms with Gasteiger partial charge in [0, 0.05) is 45.1 Å². The van der Waals surface area contributed by atoms with Gasteiger partial charge in [-0.2, -0.15) is 0 Å². The number of fused-ring (bicyclic) bond motifs is 2. The van der Waals surface area contributed by atoms with E-state index in [2.05, 4.69) is 10.3 Å². The molecule has 0 atom stereocenters. The number of aromatic amines is 1. The minimum Gasteiger partial charge on any atom is -0.384 e. The van der Waals surface area contributed by atoms with E-state index in [0.717, 1.165) is 27.7 Å². The molecule has 0 unspecified atom stereocenters. The Balaban J connectivity index is 0.00000169. The van der Waals surface area contributed by atoms with Gasteiger partial charge in [-0.1, -0.05) is 18.2 Å². The number of anilines is 1. The third-order valence-electron chi connectivity index (χ3n) is 4.03. The standard InChI is InChI=1S/C18H14N4O.ClH/c19-17(20)10-5-6-16-13(7-10)14(18(23)22-16)8-11-9-21-15-4-2-1-3-12(11)15;/h1-9,21H,(H3,19,20)(H,22,23);1H. The highest BCUT2D eigenvalue weighted by Crippen LogP contribution is 2.34. The lowest BCUT2D eigenvalue weighted by Gasteiger charge is -2.02. The number of para-hydroxylation sites is 1. The second-order valence-corrected chi connectivity index (χ2v) is 5.48. The van der Waals surface area contributed by atoms with Crippen molar-refractivity contribution in [3.63, 3.8) is 0 Å². The van der Waals surface area contributed by atoms with E-state index in [0.29, 0.717) is 11.1 Å². The van der Waals surface area contributed by atoms with E-state index in [1.165, 1.54) is 0 Å². The Bertz CT molecular complexity index is 1000. The first kappa shape index (κ1) is 15.8. The maximum absolute atomic E-state index is 12.3. The topological polar surface area (TPSA) is 94.8 Å². The van der Waals surface area contributed by atoms with Crippen molar-refractivity contribution < 1.29 is 4.79 Å². The molecule has 120 valence electrons. The van der Waals surface area contributed by atoms with E-state index < -0.39 is 0 Å². The number of rotatable bonds is 2. The van der Waals surface area contributed by atoms with Crippen molar-refractivity contribution in [1.29, 1.82) is 5.41 Å². The van der Waals surface area contributed by atoms with Crippen LogP contribution in [-0.2, 0) is 4.79 Å². The van der Waals surface area contributed by atoms with Gasteiger partial charge in [0.2, 0.25) is 0 Å². The van der Waals surface area contributed by atoms with E-state index in [-0.39, 0.29) is 24.1 Å². The van der Waals surface area contributed by atoms with Crippen molar-refractivity contribution in [2.45, 2.75) is 0 Å². The number of aromatic nitrogens is 1. The second-order valence-electron chi connectivity index (χ2n) is 5.48. The number of benzene rings is 2. The van der Waals surface area contributed by atoms with Gasteiger partial charge in [-0.3, -0.25) is 10.2 Å². The van der Waals surface area contributed by atoms with Crippen LogP contribution in [-0.4, -0.2) is 16.7 Å². The molecule has 5 nitrogen and oxygen atoms in total. The maximum Gasteiger partial charge on any atom is 0.256 e. The monoisotopic (exact) mass is 338 g/mol. The van der Waals surface area contributed by atoms with Gasteiger partial charge >= 0.3 is 0 Å². The highest BCUT2D eigenvalue weighted by Gasteiger charge is 2.24. The molecule has 1 aliphatic rings. The molecule has 1 aromatic heterocycles. The lowest BCUT2D eigenvalue weighted by Crippen LogP contribution is -2.10. The molecule has 0 spiro atoms. The zero-order valence-corrected chi connectivity index (χ0v) is 13.4. The van der Waals surface area contributed by atoms with Gasteiger partial charge in [0.1, 0.15) is 5.84 Å². The fraction of sp³-hybridized carbons (Fsp3) is 0. The molecule has 0 fully saturated rings. The van der Waals surface area contributed by atoms with Crippen LogP contribution in [0.15, 0.2) is 48.7 Å². The van der Waals surface area contributed by atoms with Crippen LogP contribution in [0.1, 0.15) is 16.7 Å². The van der Waals surface area contributed by atoms with Gasteiger partial charge in [-0.15, -0.1) is 12.4 Å². The molecule has 0 aliphatic carbocycles. The number of nitrogen functional groups attached to an aromatic ring is 1. The Kier molecular flexibility index (Phi) is 3.87. The molecule has 5 N–H and O–H groups in total. The van der Waals surface area contributed by atoms with Crippen molar-refractivity contribution in [2.24, 2.45) is 5.73 Å². The van der Waals surface area contributed by atoms with Gasteiger partial charge in [0.25, 0.3) is 5.91 Å². The Morgan fingerprint density at radius 2 is 1.96 bits per heavy atom. The molecule has 1 aliphatic heterocycles. The summed E-state index contributed by atoms with van der Waals surface area (Å²) in [6, 6.07) is 13.2. The number of carbonyl (C=O) groups is 1. The first-order valence-corrected chi connectivity index (χ1v) is 7.21. The summed E-state index contributed by atoms with van der Waals surface area (Å²) in [5.41, 5.74) is 10.2. The normalized spacial score (nSPS) is 14.3. The quantitative estimate of drug-likeness (QED) is 0.327. The van der Waals surface area contributed by atoms with Crippen molar-refractivity contribution in [3.05, 3.63) is 65.4 Å². The molecule has 2 heterocycles. The predicted molar refractivity (Wildman–Crippen MR) is 99.5 cm³/mol. The number of H-pyrrole nitrogens is 1. The minimum absolute atomic E-state index is 0. The number of hydrogen-bond acceptors (Lipinski definition) is 2. The summed E-state index contributed by atoms with van der Waals surface area (Å²) in [5, 5.41) is 11.5. The predicted octanol–water partition coefficient (Wildman–Crippen LogP) is 3.37. The summed E-state index contributed by atoms with van der Waals surface area (Å²) in [4.78, 5) is 15.5. The number of halogens is 1. The summed E-state index contributed by atoms with van der Waals surface area (Å²) >= 11 is 0. The molecule has 24 heavy (non-hydrogen) atoms. The van der Waals surface area contributed by atoms with Crippen LogP contribution in [0, 0.1) is 5.41 Å². The van der Waals surface area contributed by atoms with Gasteiger partial charge in [-0.05, 0) is 30.3 Å². The fourth-order valence-electron chi connectivity index (χ4n) is 2.87. The molecule has 3 aromatic rings. The average Bonchev–Trinajstić information content (AvgIpc) is 3.09. The molecule has 0 radical (unpaired) electrons. The minimum atomic E-state index is -0.147. The number of amides is 1. The van der Waals surface area contributed by atoms with Gasteiger partial charge in [0.15, 0.2) is 0 Å². The Hall–Kier alpha value is -3.05. The number of hydrogen-bond donors (Lipinski definition) is 4. The molecule has 4 rings (SSSR count). The maximum atomic E-state index is 12.3. The second kappa shape index (κ2) is 5.86. The summed E-state index contributed by atoms with van der Waals surface area (Å²) in [6.07, 6.45) is 3.75. The first-order valence-electron chi connectivity index (χ1n) is 7.21. The molecule has 2 aromatic carbocycles. The fourth-order valence-corrected chi connectivity index (χ4v) is 2.87. The van der Waals surface area contributed by atoms with Crippen molar-refractivity contribution in [2.75, 3.05) is 5.32 Å². The lowest BCUT2D eigenvalue weighted by atomic mass is 10.0. The van der Waals surface area contributed by atoms with Crippen molar-refractivity contribution >= 4 is 52.4 Å². The van der Waals surface area contributed by atoms with E-state index in [1.807, 2.05) is 36.5 Å². The smallest absolute Gasteiger partial charge is 0.256 e. The zero-order valence-electron chi connectivity index (χ0n) is 12.6. The van der Waals surface area contributed by atoms with Crippen molar-refractivity contribution in [1.82, 2.24) is 4.98 Å². The van der Waals surface area contributed by atoms with Crippen LogP contribution < -0.4 is 11.1 Å². The van der Waals surface area contributed by atoms with Gasteiger partial charge in [0.05, 0.1) is 0 Å². The molecule has 6 heteroatoms. The van der Waals surface area contributed by atoms with E-state index in [4.69, 9.17) is 11.1 Å². The van der Waals surface area contributed by atoms with Crippen LogP contribution in [0.2, 0.25) is 0 Å². The van der Waals surface area contributed by atoms with Crippen molar-refractivity contribution in [3.8, 4) is 0 Å². The summed E-state index contributed by atoms with van der Waals surface area (Å²) < 4.78 is 0. The number of nitrogens with two attached hydrogens (primary N) is 1. The highest BCUT2D eigenvalue weighted by molar-refractivity contribution is 6.35. The van der Waals surface area contributed by atoms with Gasteiger partial charge in [-0.25, -0.2) is 0 Å². The van der Waals surface area contributed by atoms with E-state index in [1.54, 1.807) is 18.2 Å². The van der Waals surface area contributed by atoms with Crippen LogP contribution in [0.5, 0.6) is 0 Å². The molecule has 1 amide bonds. The lowest BCUT2D eigenvalue weighted by molar-refractivity contribution is -0.110. The summed E-state index contributed by atoms with van der Waals surface area (Å²) in [6.45, 7) is 0. The van der Waals surface area contributed by atoms with E-state index >= 15 is 0 Å². The number of nitrogens with one attached hydrogen (secondary N) is 3. The van der Waals surface area contributed by atoms with Crippen LogP contribution in [0.3, 0.4) is 0 Å².